The highest BCUT2D eigenvalue weighted by atomic mass is 16.3. The molecule has 76 valence electrons. The molecule has 0 amide bonds. The normalized spacial score (nSPS) is 11.4. The number of nitrogens with two attached hydrogens (primary N) is 1. The van der Waals surface area contributed by atoms with Gasteiger partial charge in [-0.25, -0.2) is 4.98 Å². The van der Waals surface area contributed by atoms with E-state index in [0.29, 0.717) is 5.82 Å². The number of anilines is 1. The van der Waals surface area contributed by atoms with E-state index < -0.39 is 5.60 Å². The van der Waals surface area contributed by atoms with Gasteiger partial charge in [-0.15, -0.1) is 0 Å². The van der Waals surface area contributed by atoms with E-state index in [9.17, 15) is 9.90 Å². The van der Waals surface area contributed by atoms with Crippen molar-refractivity contribution in [3.8, 4) is 0 Å². The predicted octanol–water partition coefficient (Wildman–Crippen LogP) is 0.546. The molecular formula is C10H14N2O2. The summed E-state index contributed by atoms with van der Waals surface area (Å²) in [6.07, 6.45) is 1.72. The fourth-order valence-corrected chi connectivity index (χ4v) is 1.01. The molecule has 1 heterocycles. The van der Waals surface area contributed by atoms with Crippen LogP contribution in [0.25, 0.3) is 0 Å². The zero-order valence-corrected chi connectivity index (χ0v) is 8.32. The molecule has 0 aliphatic heterocycles. The number of carbonyl (C=O) groups is 1. The second-order valence-electron chi connectivity index (χ2n) is 3.75. The Balaban J connectivity index is 2.75. The maximum atomic E-state index is 11.4. The van der Waals surface area contributed by atoms with Crippen molar-refractivity contribution >= 4 is 11.6 Å². The molecule has 0 unspecified atom stereocenters. The van der Waals surface area contributed by atoms with E-state index in [1.165, 1.54) is 13.8 Å². The zero-order chi connectivity index (χ0) is 10.8. The van der Waals surface area contributed by atoms with Crippen molar-refractivity contribution in [3.63, 3.8) is 0 Å². The Morgan fingerprint density at radius 1 is 1.64 bits per heavy atom. The fourth-order valence-electron chi connectivity index (χ4n) is 1.01. The van der Waals surface area contributed by atoms with E-state index in [0.717, 1.165) is 5.56 Å². The number of Topliss-reactive ketones (excluding diaryl/α,β-unsaturated/α-hetero) is 1. The minimum atomic E-state index is -1.29. The smallest absolute Gasteiger partial charge is 0.168 e. The Bertz CT molecular complexity index is 342. The van der Waals surface area contributed by atoms with Gasteiger partial charge in [0.2, 0.25) is 0 Å². The van der Waals surface area contributed by atoms with Crippen molar-refractivity contribution in [2.45, 2.75) is 25.9 Å². The number of hydrogen-bond donors (Lipinski definition) is 2. The monoisotopic (exact) mass is 194 g/mol. The molecule has 0 atom stereocenters. The lowest BCUT2D eigenvalue weighted by atomic mass is 9.98. The van der Waals surface area contributed by atoms with Gasteiger partial charge in [-0.05, 0) is 31.5 Å². The highest BCUT2D eigenvalue weighted by Gasteiger charge is 2.23. The Hall–Kier alpha value is -1.42. The first kappa shape index (κ1) is 10.7. The van der Waals surface area contributed by atoms with Crippen molar-refractivity contribution in [2.24, 2.45) is 0 Å². The predicted molar refractivity (Wildman–Crippen MR) is 53.7 cm³/mol. The van der Waals surface area contributed by atoms with Gasteiger partial charge < -0.3 is 10.8 Å². The standard InChI is InChI=1S/C10H14N2O2/c1-10(2,14)8(13)5-7-3-4-12-9(11)6-7/h3-4,6,14H,5H2,1-2H3,(H2,11,12). The van der Waals surface area contributed by atoms with Gasteiger partial charge >= 0.3 is 0 Å². The number of aromatic nitrogens is 1. The lowest BCUT2D eigenvalue weighted by Crippen LogP contribution is -2.32. The summed E-state index contributed by atoms with van der Waals surface area (Å²) in [6, 6.07) is 3.34. The molecule has 4 nitrogen and oxygen atoms in total. The number of hydrogen-bond acceptors (Lipinski definition) is 4. The lowest BCUT2D eigenvalue weighted by molar-refractivity contribution is -0.133. The van der Waals surface area contributed by atoms with Crippen LogP contribution >= 0.6 is 0 Å². The molecule has 1 aromatic heterocycles. The van der Waals surface area contributed by atoms with Crippen molar-refractivity contribution in [2.75, 3.05) is 5.73 Å². The zero-order valence-electron chi connectivity index (χ0n) is 8.32. The molecule has 14 heavy (non-hydrogen) atoms. The maximum absolute atomic E-state index is 11.4. The quantitative estimate of drug-likeness (QED) is 0.736. The van der Waals surface area contributed by atoms with Crippen molar-refractivity contribution in [3.05, 3.63) is 23.9 Å². The van der Waals surface area contributed by atoms with Crippen LogP contribution in [0.4, 0.5) is 5.82 Å². The Morgan fingerprint density at radius 3 is 2.79 bits per heavy atom. The van der Waals surface area contributed by atoms with Gasteiger partial charge in [0.25, 0.3) is 0 Å². The van der Waals surface area contributed by atoms with Crippen LogP contribution in [0, 0.1) is 0 Å². The summed E-state index contributed by atoms with van der Waals surface area (Å²) in [6.45, 7) is 2.94. The molecule has 0 saturated carbocycles. The first-order chi connectivity index (χ1) is 6.39. The third-order valence-corrected chi connectivity index (χ3v) is 1.89. The molecule has 1 rings (SSSR count). The molecule has 0 aliphatic carbocycles. The summed E-state index contributed by atoms with van der Waals surface area (Å²) < 4.78 is 0. The molecule has 4 heteroatoms. The van der Waals surface area contributed by atoms with Crippen molar-refractivity contribution in [1.82, 2.24) is 4.98 Å². The molecule has 0 spiro atoms. The van der Waals surface area contributed by atoms with E-state index in [4.69, 9.17) is 5.73 Å². The van der Waals surface area contributed by atoms with Crippen molar-refractivity contribution in [1.29, 1.82) is 0 Å². The van der Waals surface area contributed by atoms with Gasteiger partial charge in [-0.1, -0.05) is 0 Å². The number of aliphatic hydroxyl groups is 1. The van der Waals surface area contributed by atoms with E-state index in [1.807, 2.05) is 0 Å². The van der Waals surface area contributed by atoms with Gasteiger partial charge in [0.15, 0.2) is 5.78 Å². The number of ketones is 1. The minimum Gasteiger partial charge on any atom is -0.384 e. The van der Waals surface area contributed by atoms with Gasteiger partial charge in [-0.3, -0.25) is 4.79 Å². The van der Waals surface area contributed by atoms with Gasteiger partial charge in [-0.2, -0.15) is 0 Å². The molecule has 0 aliphatic rings. The van der Waals surface area contributed by atoms with Crippen molar-refractivity contribution < 1.29 is 9.90 Å². The van der Waals surface area contributed by atoms with E-state index in [2.05, 4.69) is 4.98 Å². The van der Waals surface area contributed by atoms with Crippen LogP contribution < -0.4 is 5.73 Å². The van der Waals surface area contributed by atoms with Crippen LogP contribution in [0.3, 0.4) is 0 Å². The first-order valence-electron chi connectivity index (χ1n) is 4.35. The number of rotatable bonds is 3. The largest absolute Gasteiger partial charge is 0.384 e. The van der Waals surface area contributed by atoms with Gasteiger partial charge in [0, 0.05) is 12.6 Å². The Labute approximate surface area is 82.8 Å². The summed E-state index contributed by atoms with van der Waals surface area (Å²) in [7, 11) is 0. The highest BCUT2D eigenvalue weighted by Crippen LogP contribution is 2.10. The number of pyridine rings is 1. The molecule has 0 fully saturated rings. The number of carbonyl (C=O) groups excluding carboxylic acids is 1. The molecule has 0 bridgehead atoms. The van der Waals surface area contributed by atoms with Crippen LogP contribution in [0.2, 0.25) is 0 Å². The summed E-state index contributed by atoms with van der Waals surface area (Å²) in [5.74, 6) is 0.147. The Morgan fingerprint density at radius 2 is 2.29 bits per heavy atom. The first-order valence-corrected chi connectivity index (χ1v) is 4.35. The third-order valence-electron chi connectivity index (χ3n) is 1.89. The molecule has 0 radical (unpaired) electrons. The van der Waals surface area contributed by atoms with Gasteiger partial charge in [0.1, 0.15) is 11.4 Å². The summed E-state index contributed by atoms with van der Waals surface area (Å²) in [4.78, 5) is 15.2. The highest BCUT2D eigenvalue weighted by molar-refractivity contribution is 5.88. The van der Waals surface area contributed by atoms with Crippen LogP contribution in [0.1, 0.15) is 19.4 Å². The maximum Gasteiger partial charge on any atom is 0.168 e. The summed E-state index contributed by atoms with van der Waals surface area (Å²) >= 11 is 0. The molecular weight excluding hydrogens is 180 g/mol. The second-order valence-corrected chi connectivity index (χ2v) is 3.75. The Kier molecular flexibility index (Phi) is 2.86. The summed E-state index contributed by atoms with van der Waals surface area (Å²) in [5, 5.41) is 9.42. The molecule has 0 aromatic carbocycles. The average molecular weight is 194 g/mol. The van der Waals surface area contributed by atoms with E-state index >= 15 is 0 Å². The van der Waals surface area contributed by atoms with Crippen LogP contribution in [0.5, 0.6) is 0 Å². The van der Waals surface area contributed by atoms with Crippen LogP contribution in [-0.4, -0.2) is 21.5 Å². The van der Waals surface area contributed by atoms with Gasteiger partial charge in [0.05, 0.1) is 0 Å². The fraction of sp³-hybridized carbons (Fsp3) is 0.400. The second kappa shape index (κ2) is 3.75. The van der Waals surface area contributed by atoms with E-state index in [1.54, 1.807) is 18.3 Å². The third kappa shape index (κ3) is 2.81. The number of nitrogens with zero attached hydrogens (tertiary/aromatic N) is 1. The summed E-state index contributed by atoms with van der Waals surface area (Å²) in [5.41, 5.74) is 4.93. The number of nitrogen functional groups attached to an aromatic ring is 1. The SMILES string of the molecule is CC(C)(O)C(=O)Cc1ccnc(N)c1. The minimum absolute atomic E-state index is 0.177. The molecule has 3 N–H and O–H groups in total. The molecule has 0 saturated heterocycles. The topological polar surface area (TPSA) is 76.2 Å². The van der Waals surface area contributed by atoms with Crippen LogP contribution in [0.15, 0.2) is 18.3 Å². The van der Waals surface area contributed by atoms with Crippen LogP contribution in [-0.2, 0) is 11.2 Å². The lowest BCUT2D eigenvalue weighted by Gasteiger charge is -2.15. The molecule has 1 aromatic rings. The average Bonchev–Trinajstić information content (AvgIpc) is 2.02. The van der Waals surface area contributed by atoms with E-state index in [-0.39, 0.29) is 12.2 Å².